The van der Waals surface area contributed by atoms with Crippen LogP contribution in [0.2, 0.25) is 0 Å². The number of rotatable bonds is 5. The van der Waals surface area contributed by atoms with Crippen LogP contribution < -0.4 is 5.32 Å². The van der Waals surface area contributed by atoms with Crippen LogP contribution in [0.25, 0.3) is 0 Å². The molecule has 2 N–H and O–H groups in total. The van der Waals surface area contributed by atoms with E-state index < -0.39 is 5.54 Å². The van der Waals surface area contributed by atoms with Gasteiger partial charge in [-0.1, -0.05) is 0 Å². The molecule has 5 nitrogen and oxygen atoms in total. The number of amides is 1. The van der Waals surface area contributed by atoms with Crippen LogP contribution >= 0.6 is 0 Å². The van der Waals surface area contributed by atoms with Crippen LogP contribution in [-0.4, -0.2) is 47.7 Å². The lowest BCUT2D eigenvalue weighted by Crippen LogP contribution is -2.50. The van der Waals surface area contributed by atoms with E-state index in [2.05, 4.69) is 16.3 Å². The molecule has 0 saturated carbocycles. The summed E-state index contributed by atoms with van der Waals surface area (Å²) in [5.41, 5.74) is -0.547. The fraction of sp³-hybridized carbons (Fsp3) is 0.846. The Morgan fingerprint density at radius 3 is 2.61 bits per heavy atom. The Hall–Kier alpha value is -1.12. The van der Waals surface area contributed by atoms with Crippen molar-refractivity contribution in [2.45, 2.75) is 38.6 Å². The topological polar surface area (TPSA) is 76.4 Å². The molecule has 0 radical (unpaired) electrons. The zero-order valence-electron chi connectivity index (χ0n) is 11.3. The Morgan fingerprint density at radius 1 is 1.50 bits per heavy atom. The number of nitriles is 1. The van der Waals surface area contributed by atoms with Crippen LogP contribution in [0.1, 0.15) is 33.1 Å². The van der Waals surface area contributed by atoms with Crippen molar-refractivity contribution in [2.24, 2.45) is 5.92 Å². The number of carbonyl (C=O) groups is 1. The summed E-state index contributed by atoms with van der Waals surface area (Å²) in [7, 11) is 0. The van der Waals surface area contributed by atoms with Gasteiger partial charge < -0.3 is 15.3 Å². The minimum atomic E-state index is -0.547. The summed E-state index contributed by atoms with van der Waals surface area (Å²) in [6.45, 7) is 6.12. The lowest BCUT2D eigenvalue weighted by molar-refractivity contribution is -0.128. The van der Waals surface area contributed by atoms with E-state index in [0.29, 0.717) is 6.42 Å². The molecule has 1 aliphatic rings. The highest BCUT2D eigenvalue weighted by atomic mass is 16.3. The number of carbonyl (C=O) groups excluding carboxylic acids is 1. The van der Waals surface area contributed by atoms with Crippen LogP contribution in [0.5, 0.6) is 0 Å². The lowest BCUT2D eigenvalue weighted by Gasteiger charge is -2.33. The zero-order chi connectivity index (χ0) is 13.6. The SMILES string of the molecule is CC(C)(CO)NC(=O)C1CCN(CCC#N)CC1. The highest BCUT2D eigenvalue weighted by Gasteiger charge is 2.28. The molecule has 1 aliphatic heterocycles. The minimum absolute atomic E-state index is 0.0361. The summed E-state index contributed by atoms with van der Waals surface area (Å²) in [5, 5.41) is 20.5. The Bertz CT molecular complexity index is 315. The van der Waals surface area contributed by atoms with Gasteiger partial charge in [0.25, 0.3) is 0 Å². The van der Waals surface area contributed by atoms with Gasteiger partial charge in [0.2, 0.25) is 5.91 Å². The van der Waals surface area contributed by atoms with Gasteiger partial charge in [0.15, 0.2) is 0 Å². The van der Waals surface area contributed by atoms with E-state index in [9.17, 15) is 4.79 Å². The fourth-order valence-electron chi connectivity index (χ4n) is 2.10. The molecule has 0 aromatic carbocycles. The maximum absolute atomic E-state index is 12.0. The number of piperidine rings is 1. The van der Waals surface area contributed by atoms with Crippen molar-refractivity contribution in [3.63, 3.8) is 0 Å². The van der Waals surface area contributed by atoms with Crippen molar-refractivity contribution in [1.82, 2.24) is 10.2 Å². The average Bonchev–Trinajstić information content (AvgIpc) is 2.36. The predicted octanol–water partition coefficient (Wildman–Crippen LogP) is 0.499. The van der Waals surface area contributed by atoms with Crippen molar-refractivity contribution < 1.29 is 9.90 Å². The normalized spacial score (nSPS) is 18.3. The van der Waals surface area contributed by atoms with Crippen molar-refractivity contribution in [1.29, 1.82) is 5.26 Å². The molecule has 102 valence electrons. The molecule has 0 unspecified atom stereocenters. The Labute approximate surface area is 109 Å². The van der Waals surface area contributed by atoms with Crippen molar-refractivity contribution in [2.75, 3.05) is 26.2 Å². The molecule has 0 aromatic rings. The van der Waals surface area contributed by atoms with E-state index in [4.69, 9.17) is 10.4 Å². The van der Waals surface area contributed by atoms with Crippen LogP contribution in [0, 0.1) is 17.2 Å². The van der Waals surface area contributed by atoms with Gasteiger partial charge in [0.1, 0.15) is 0 Å². The smallest absolute Gasteiger partial charge is 0.223 e. The fourth-order valence-corrected chi connectivity index (χ4v) is 2.10. The summed E-state index contributed by atoms with van der Waals surface area (Å²) in [6, 6.07) is 2.14. The van der Waals surface area contributed by atoms with E-state index in [1.807, 2.05) is 13.8 Å². The van der Waals surface area contributed by atoms with E-state index in [1.165, 1.54) is 0 Å². The third-order valence-electron chi connectivity index (χ3n) is 3.36. The van der Waals surface area contributed by atoms with E-state index >= 15 is 0 Å². The number of likely N-dealkylation sites (tertiary alicyclic amines) is 1. The molecule has 1 rings (SSSR count). The van der Waals surface area contributed by atoms with Crippen molar-refractivity contribution in [3.8, 4) is 6.07 Å². The molecule has 0 spiro atoms. The molecular formula is C13H23N3O2. The van der Waals surface area contributed by atoms with Crippen LogP contribution in [-0.2, 0) is 4.79 Å². The number of aliphatic hydroxyl groups excluding tert-OH is 1. The molecule has 18 heavy (non-hydrogen) atoms. The second-order valence-electron chi connectivity index (χ2n) is 5.56. The first kappa shape index (κ1) is 14.9. The summed E-state index contributed by atoms with van der Waals surface area (Å²) < 4.78 is 0. The third-order valence-corrected chi connectivity index (χ3v) is 3.36. The van der Waals surface area contributed by atoms with Gasteiger partial charge in [-0.25, -0.2) is 0 Å². The lowest BCUT2D eigenvalue weighted by atomic mass is 9.94. The first-order valence-electron chi connectivity index (χ1n) is 6.50. The second kappa shape index (κ2) is 6.72. The number of nitrogens with one attached hydrogen (secondary N) is 1. The Kier molecular flexibility index (Phi) is 5.57. The second-order valence-corrected chi connectivity index (χ2v) is 5.56. The molecule has 0 aliphatic carbocycles. The molecule has 5 heteroatoms. The quantitative estimate of drug-likeness (QED) is 0.748. The van der Waals surface area contributed by atoms with Crippen molar-refractivity contribution in [3.05, 3.63) is 0 Å². The number of hydrogen-bond acceptors (Lipinski definition) is 4. The van der Waals surface area contributed by atoms with Gasteiger partial charge in [0, 0.05) is 18.9 Å². The highest BCUT2D eigenvalue weighted by Crippen LogP contribution is 2.18. The van der Waals surface area contributed by atoms with Gasteiger partial charge in [-0.3, -0.25) is 4.79 Å². The number of aliphatic hydroxyl groups is 1. The summed E-state index contributed by atoms with van der Waals surface area (Å²) in [4.78, 5) is 14.2. The van der Waals surface area contributed by atoms with Gasteiger partial charge in [0.05, 0.1) is 18.2 Å². The van der Waals surface area contributed by atoms with E-state index in [1.54, 1.807) is 0 Å². The molecular weight excluding hydrogens is 230 g/mol. The van der Waals surface area contributed by atoms with E-state index in [-0.39, 0.29) is 18.4 Å². The van der Waals surface area contributed by atoms with Crippen molar-refractivity contribution >= 4 is 5.91 Å². The number of hydrogen-bond donors (Lipinski definition) is 2. The first-order valence-corrected chi connectivity index (χ1v) is 6.50. The standard InChI is InChI=1S/C13H23N3O2/c1-13(2,10-17)15-12(18)11-4-8-16(9-5-11)7-3-6-14/h11,17H,3-5,7-10H2,1-2H3,(H,15,18). The third kappa shape index (κ3) is 4.63. The minimum Gasteiger partial charge on any atom is -0.394 e. The molecule has 1 fully saturated rings. The molecule has 1 saturated heterocycles. The molecule has 0 bridgehead atoms. The molecule has 1 heterocycles. The maximum atomic E-state index is 12.0. The zero-order valence-corrected chi connectivity index (χ0v) is 11.3. The van der Waals surface area contributed by atoms with Gasteiger partial charge in [-0.05, 0) is 39.8 Å². The van der Waals surface area contributed by atoms with Gasteiger partial charge in [-0.15, -0.1) is 0 Å². The Balaban J connectivity index is 2.34. The summed E-state index contributed by atoms with van der Waals surface area (Å²) in [5.74, 6) is 0.0724. The first-order chi connectivity index (χ1) is 8.48. The molecule has 0 aromatic heterocycles. The van der Waals surface area contributed by atoms with E-state index in [0.717, 1.165) is 32.5 Å². The summed E-state index contributed by atoms with van der Waals surface area (Å²) in [6.07, 6.45) is 2.21. The number of nitrogens with zero attached hydrogens (tertiary/aromatic N) is 2. The average molecular weight is 253 g/mol. The predicted molar refractivity (Wildman–Crippen MR) is 68.7 cm³/mol. The summed E-state index contributed by atoms with van der Waals surface area (Å²) >= 11 is 0. The monoisotopic (exact) mass is 253 g/mol. The van der Waals surface area contributed by atoms with Crippen LogP contribution in [0.15, 0.2) is 0 Å². The maximum Gasteiger partial charge on any atom is 0.223 e. The van der Waals surface area contributed by atoms with Gasteiger partial charge in [-0.2, -0.15) is 5.26 Å². The van der Waals surface area contributed by atoms with Crippen LogP contribution in [0.3, 0.4) is 0 Å². The molecule has 1 amide bonds. The van der Waals surface area contributed by atoms with Crippen LogP contribution in [0.4, 0.5) is 0 Å². The largest absolute Gasteiger partial charge is 0.394 e. The molecule has 0 atom stereocenters. The van der Waals surface area contributed by atoms with Gasteiger partial charge >= 0.3 is 0 Å². The highest BCUT2D eigenvalue weighted by molar-refractivity contribution is 5.79. The Morgan fingerprint density at radius 2 is 2.11 bits per heavy atom.